The summed E-state index contributed by atoms with van der Waals surface area (Å²) in [5.74, 6) is 0.351. The molecule has 1 fully saturated rings. The predicted octanol–water partition coefficient (Wildman–Crippen LogP) is 2.59. The van der Waals surface area contributed by atoms with Crippen LogP contribution in [0.15, 0.2) is 27.6 Å². The zero-order valence-electron chi connectivity index (χ0n) is 11.5. The summed E-state index contributed by atoms with van der Waals surface area (Å²) in [6, 6.07) is 5.01. The van der Waals surface area contributed by atoms with Crippen LogP contribution in [0.2, 0.25) is 0 Å². The van der Waals surface area contributed by atoms with Gasteiger partial charge in [0, 0.05) is 16.6 Å². The van der Waals surface area contributed by atoms with Crippen molar-refractivity contribution in [3.63, 3.8) is 0 Å². The topological polar surface area (TPSA) is 72.2 Å². The van der Waals surface area contributed by atoms with Gasteiger partial charge in [0.15, 0.2) is 0 Å². The SMILES string of the molecule is Cc1cc(S(=O)(=O)NC(C)(CN)C2CC2)ccc1Br.Cl. The van der Waals surface area contributed by atoms with Gasteiger partial charge in [-0.25, -0.2) is 13.1 Å². The zero-order chi connectivity index (χ0) is 14.3. The maximum Gasteiger partial charge on any atom is 0.241 e. The number of rotatable bonds is 5. The molecule has 0 radical (unpaired) electrons. The van der Waals surface area contributed by atoms with Crippen molar-refractivity contribution in [2.24, 2.45) is 11.7 Å². The number of aryl methyl sites for hydroxylation is 1. The predicted molar refractivity (Wildman–Crippen MR) is 86.6 cm³/mol. The molecule has 1 aliphatic rings. The summed E-state index contributed by atoms with van der Waals surface area (Å²) in [7, 11) is -3.53. The minimum atomic E-state index is -3.53. The van der Waals surface area contributed by atoms with Gasteiger partial charge in [0.2, 0.25) is 10.0 Å². The third-order valence-corrected chi connectivity index (χ3v) is 6.21. The number of halogens is 2. The smallest absolute Gasteiger partial charge is 0.241 e. The van der Waals surface area contributed by atoms with Crippen LogP contribution >= 0.6 is 28.3 Å². The molecule has 1 aliphatic carbocycles. The Hall–Kier alpha value is -0.140. The first-order valence-corrected chi connectivity index (χ1v) is 8.56. The Labute approximate surface area is 135 Å². The molecule has 1 aromatic carbocycles. The molecule has 7 heteroatoms. The molecule has 1 atom stereocenters. The van der Waals surface area contributed by atoms with Crippen LogP contribution in [0.25, 0.3) is 0 Å². The van der Waals surface area contributed by atoms with Crippen molar-refractivity contribution in [1.82, 2.24) is 4.72 Å². The Morgan fingerprint density at radius 3 is 2.50 bits per heavy atom. The molecule has 0 heterocycles. The second kappa shape index (κ2) is 6.32. The minimum absolute atomic E-state index is 0. The van der Waals surface area contributed by atoms with Crippen molar-refractivity contribution in [3.05, 3.63) is 28.2 Å². The van der Waals surface area contributed by atoms with Gasteiger partial charge in [-0.2, -0.15) is 0 Å². The quantitative estimate of drug-likeness (QED) is 0.821. The van der Waals surface area contributed by atoms with E-state index in [0.29, 0.717) is 12.5 Å². The van der Waals surface area contributed by atoms with E-state index in [4.69, 9.17) is 5.73 Å². The molecule has 0 amide bonds. The average Bonchev–Trinajstić information content (AvgIpc) is 3.16. The Morgan fingerprint density at radius 1 is 1.45 bits per heavy atom. The molecule has 0 saturated heterocycles. The van der Waals surface area contributed by atoms with Crippen LogP contribution in [0.1, 0.15) is 25.3 Å². The molecule has 4 nitrogen and oxygen atoms in total. The van der Waals surface area contributed by atoms with E-state index in [1.807, 2.05) is 13.8 Å². The number of hydrogen-bond donors (Lipinski definition) is 2. The zero-order valence-corrected chi connectivity index (χ0v) is 14.7. The third kappa shape index (κ3) is 3.74. The molecule has 1 aromatic rings. The van der Waals surface area contributed by atoms with Gasteiger partial charge in [-0.3, -0.25) is 0 Å². The molecule has 0 spiro atoms. The van der Waals surface area contributed by atoms with E-state index in [1.165, 1.54) is 0 Å². The molecular weight excluding hydrogens is 364 g/mol. The van der Waals surface area contributed by atoms with Gasteiger partial charge in [0.05, 0.1) is 4.90 Å². The lowest BCUT2D eigenvalue weighted by atomic mass is 9.98. The number of nitrogens with two attached hydrogens (primary N) is 1. The molecule has 0 bridgehead atoms. The van der Waals surface area contributed by atoms with E-state index in [2.05, 4.69) is 20.7 Å². The first kappa shape index (κ1) is 17.9. The van der Waals surface area contributed by atoms with Crippen molar-refractivity contribution < 1.29 is 8.42 Å². The van der Waals surface area contributed by atoms with Crippen molar-refractivity contribution in [3.8, 4) is 0 Å². The van der Waals surface area contributed by atoms with E-state index in [-0.39, 0.29) is 17.3 Å². The second-order valence-electron chi connectivity index (χ2n) is 5.41. The monoisotopic (exact) mass is 382 g/mol. The number of hydrogen-bond acceptors (Lipinski definition) is 3. The molecule has 114 valence electrons. The first-order chi connectivity index (χ1) is 8.78. The Balaban J connectivity index is 0.00000200. The summed E-state index contributed by atoms with van der Waals surface area (Å²) < 4.78 is 28.5. The highest BCUT2D eigenvalue weighted by Gasteiger charge is 2.43. The molecule has 0 aromatic heterocycles. The van der Waals surface area contributed by atoms with Crippen LogP contribution in [0.5, 0.6) is 0 Å². The molecule has 3 N–H and O–H groups in total. The maximum atomic E-state index is 12.4. The van der Waals surface area contributed by atoms with Gasteiger partial charge in [0.1, 0.15) is 0 Å². The summed E-state index contributed by atoms with van der Waals surface area (Å²) >= 11 is 3.37. The fraction of sp³-hybridized carbons (Fsp3) is 0.538. The fourth-order valence-corrected chi connectivity index (χ4v) is 3.97. The second-order valence-corrected chi connectivity index (χ2v) is 7.95. The van der Waals surface area contributed by atoms with Crippen LogP contribution in [0.4, 0.5) is 0 Å². The molecular formula is C13H20BrClN2O2S. The summed E-state index contributed by atoms with van der Waals surface area (Å²) in [5, 5.41) is 0. The lowest BCUT2D eigenvalue weighted by molar-refractivity contribution is 0.374. The van der Waals surface area contributed by atoms with Crippen LogP contribution in [-0.2, 0) is 10.0 Å². The van der Waals surface area contributed by atoms with Crippen molar-refractivity contribution in [1.29, 1.82) is 0 Å². The van der Waals surface area contributed by atoms with E-state index >= 15 is 0 Å². The highest BCUT2D eigenvalue weighted by Crippen LogP contribution is 2.39. The molecule has 2 rings (SSSR count). The van der Waals surface area contributed by atoms with Crippen LogP contribution in [0, 0.1) is 12.8 Å². The van der Waals surface area contributed by atoms with E-state index in [1.54, 1.807) is 18.2 Å². The van der Waals surface area contributed by atoms with Gasteiger partial charge in [-0.1, -0.05) is 15.9 Å². The summed E-state index contributed by atoms with van der Waals surface area (Å²) in [6.45, 7) is 4.06. The first-order valence-electron chi connectivity index (χ1n) is 6.29. The Bertz CT molecular complexity index is 590. The number of benzene rings is 1. The normalized spacial score (nSPS) is 18.2. The van der Waals surface area contributed by atoms with Crippen molar-refractivity contribution in [2.45, 2.75) is 37.1 Å². The lowest BCUT2D eigenvalue weighted by Gasteiger charge is -2.29. The summed E-state index contributed by atoms with van der Waals surface area (Å²) in [4.78, 5) is 0.286. The highest BCUT2D eigenvalue weighted by atomic mass is 79.9. The average molecular weight is 384 g/mol. The Kier molecular flexibility index (Phi) is 5.66. The van der Waals surface area contributed by atoms with Gasteiger partial charge in [0.25, 0.3) is 0 Å². The third-order valence-electron chi connectivity index (χ3n) is 3.71. The largest absolute Gasteiger partial charge is 0.329 e. The highest BCUT2D eigenvalue weighted by molar-refractivity contribution is 9.10. The van der Waals surface area contributed by atoms with Gasteiger partial charge in [-0.15, -0.1) is 12.4 Å². The molecule has 0 aliphatic heterocycles. The van der Waals surface area contributed by atoms with E-state index in [0.717, 1.165) is 22.9 Å². The van der Waals surface area contributed by atoms with Gasteiger partial charge in [-0.05, 0) is 56.4 Å². The standard InChI is InChI=1S/C13H19BrN2O2S.ClH/c1-9-7-11(5-6-12(9)14)19(17,18)16-13(2,8-15)10-3-4-10;/h5-7,10,16H,3-4,8,15H2,1-2H3;1H. The molecule has 20 heavy (non-hydrogen) atoms. The maximum absolute atomic E-state index is 12.4. The van der Waals surface area contributed by atoms with Gasteiger partial charge < -0.3 is 5.73 Å². The van der Waals surface area contributed by atoms with Crippen LogP contribution < -0.4 is 10.5 Å². The van der Waals surface area contributed by atoms with Crippen LogP contribution in [-0.4, -0.2) is 20.5 Å². The minimum Gasteiger partial charge on any atom is -0.329 e. The van der Waals surface area contributed by atoms with Crippen molar-refractivity contribution in [2.75, 3.05) is 6.54 Å². The van der Waals surface area contributed by atoms with E-state index in [9.17, 15) is 8.42 Å². The number of nitrogens with one attached hydrogen (secondary N) is 1. The van der Waals surface area contributed by atoms with Crippen LogP contribution in [0.3, 0.4) is 0 Å². The molecule has 1 saturated carbocycles. The van der Waals surface area contributed by atoms with E-state index < -0.39 is 15.6 Å². The Morgan fingerprint density at radius 2 is 2.05 bits per heavy atom. The van der Waals surface area contributed by atoms with Crippen molar-refractivity contribution >= 4 is 38.4 Å². The molecule has 1 unspecified atom stereocenters. The summed E-state index contributed by atoms with van der Waals surface area (Å²) in [5.41, 5.74) is 6.10. The fourth-order valence-electron chi connectivity index (χ4n) is 2.16. The summed E-state index contributed by atoms with van der Waals surface area (Å²) in [6.07, 6.45) is 2.07. The van der Waals surface area contributed by atoms with Gasteiger partial charge >= 0.3 is 0 Å². The lowest BCUT2D eigenvalue weighted by Crippen LogP contribution is -2.52. The number of sulfonamides is 1.